The Morgan fingerprint density at radius 3 is 2.56 bits per heavy atom. The first-order chi connectivity index (χ1) is 8.70. The van der Waals surface area contributed by atoms with E-state index >= 15 is 0 Å². The molecular formula is C13H19N3O2. The van der Waals surface area contributed by atoms with Crippen molar-refractivity contribution in [3.63, 3.8) is 0 Å². The second-order valence-corrected chi connectivity index (χ2v) is 4.63. The van der Waals surface area contributed by atoms with Crippen molar-refractivity contribution in [3.8, 4) is 0 Å². The van der Waals surface area contributed by atoms with Gasteiger partial charge in [-0.25, -0.2) is 14.8 Å². The van der Waals surface area contributed by atoms with Crippen molar-refractivity contribution in [1.29, 1.82) is 0 Å². The lowest BCUT2D eigenvalue weighted by Gasteiger charge is -2.27. The second kappa shape index (κ2) is 5.91. The van der Waals surface area contributed by atoms with E-state index < -0.39 is 0 Å². The zero-order valence-electron chi connectivity index (χ0n) is 10.9. The summed E-state index contributed by atoms with van der Waals surface area (Å²) in [5.41, 5.74) is 0.425. The van der Waals surface area contributed by atoms with Crippen LogP contribution in [0.5, 0.6) is 0 Å². The summed E-state index contributed by atoms with van der Waals surface area (Å²) in [5.74, 6) is 0.904. The largest absolute Gasteiger partial charge is 0.462 e. The number of rotatable bonds is 3. The third-order valence-electron chi connectivity index (χ3n) is 3.27. The van der Waals surface area contributed by atoms with Crippen molar-refractivity contribution >= 4 is 5.97 Å². The van der Waals surface area contributed by atoms with Crippen molar-refractivity contribution < 1.29 is 9.53 Å². The number of hydrogen-bond acceptors (Lipinski definition) is 5. The molecule has 0 saturated carbocycles. The van der Waals surface area contributed by atoms with E-state index in [9.17, 15) is 4.79 Å². The van der Waals surface area contributed by atoms with Gasteiger partial charge in [0.05, 0.1) is 12.2 Å². The third-order valence-corrected chi connectivity index (χ3v) is 3.27. The highest BCUT2D eigenvalue weighted by molar-refractivity contribution is 5.88. The average Bonchev–Trinajstić information content (AvgIpc) is 2.40. The van der Waals surface area contributed by atoms with Crippen LogP contribution in [0.1, 0.15) is 41.9 Å². The minimum Gasteiger partial charge on any atom is -0.462 e. The molecule has 2 rings (SSSR count). The van der Waals surface area contributed by atoms with E-state index in [4.69, 9.17) is 4.74 Å². The lowest BCUT2D eigenvalue weighted by Crippen LogP contribution is -2.29. The highest BCUT2D eigenvalue weighted by Crippen LogP contribution is 2.24. The Balaban J connectivity index is 2.01. The molecule has 0 atom stereocenters. The topological polar surface area (TPSA) is 55.3 Å². The maximum absolute atomic E-state index is 11.5. The van der Waals surface area contributed by atoms with Crippen LogP contribution in [0.15, 0.2) is 12.4 Å². The minimum absolute atomic E-state index is 0.354. The zero-order chi connectivity index (χ0) is 13.0. The van der Waals surface area contributed by atoms with Crippen molar-refractivity contribution in [3.05, 3.63) is 23.8 Å². The van der Waals surface area contributed by atoms with Crippen molar-refractivity contribution in [2.24, 2.45) is 0 Å². The number of nitrogens with zero attached hydrogens (tertiary/aromatic N) is 3. The van der Waals surface area contributed by atoms with Gasteiger partial charge in [-0.2, -0.15) is 0 Å². The molecule has 1 aliphatic rings. The van der Waals surface area contributed by atoms with Crippen molar-refractivity contribution in [1.82, 2.24) is 14.9 Å². The summed E-state index contributed by atoms with van der Waals surface area (Å²) in [4.78, 5) is 22.4. The van der Waals surface area contributed by atoms with Gasteiger partial charge in [0.2, 0.25) is 0 Å². The Hall–Kier alpha value is -1.49. The molecule has 0 aliphatic carbocycles. The van der Waals surface area contributed by atoms with Gasteiger partial charge in [0.1, 0.15) is 5.82 Å². The van der Waals surface area contributed by atoms with Gasteiger partial charge in [0, 0.05) is 18.3 Å². The summed E-state index contributed by atoms with van der Waals surface area (Å²) in [5, 5.41) is 0. The summed E-state index contributed by atoms with van der Waals surface area (Å²) in [7, 11) is 2.13. The molecule has 98 valence electrons. The van der Waals surface area contributed by atoms with E-state index in [0.29, 0.717) is 18.1 Å². The minimum atomic E-state index is -0.354. The summed E-state index contributed by atoms with van der Waals surface area (Å²) in [6.07, 6.45) is 5.29. The third kappa shape index (κ3) is 3.04. The molecule has 1 aliphatic heterocycles. The molecule has 5 heteroatoms. The fraction of sp³-hybridized carbons (Fsp3) is 0.615. The van der Waals surface area contributed by atoms with Gasteiger partial charge in [-0.15, -0.1) is 0 Å². The van der Waals surface area contributed by atoms with E-state index in [1.54, 1.807) is 19.3 Å². The number of piperidine rings is 1. The van der Waals surface area contributed by atoms with Crippen molar-refractivity contribution in [2.75, 3.05) is 26.7 Å². The maximum Gasteiger partial charge on any atom is 0.341 e. The van der Waals surface area contributed by atoms with Crippen LogP contribution in [-0.2, 0) is 4.74 Å². The molecule has 1 aromatic heterocycles. The molecule has 1 saturated heterocycles. The fourth-order valence-corrected chi connectivity index (χ4v) is 2.14. The van der Waals surface area contributed by atoms with E-state index in [-0.39, 0.29) is 5.97 Å². The molecule has 2 heterocycles. The van der Waals surface area contributed by atoms with E-state index in [0.717, 1.165) is 31.8 Å². The predicted octanol–water partition coefficient (Wildman–Crippen LogP) is 1.46. The number of carbonyl (C=O) groups excluding carboxylic acids is 1. The molecule has 1 fully saturated rings. The van der Waals surface area contributed by atoms with Crippen LogP contribution in [0.25, 0.3) is 0 Å². The monoisotopic (exact) mass is 249 g/mol. The number of ether oxygens (including phenoxy) is 1. The van der Waals surface area contributed by atoms with E-state index in [1.165, 1.54) is 0 Å². The molecule has 0 N–H and O–H groups in total. The summed E-state index contributed by atoms with van der Waals surface area (Å²) in [6, 6.07) is 0. The first-order valence-electron chi connectivity index (χ1n) is 6.38. The van der Waals surface area contributed by atoms with Gasteiger partial charge >= 0.3 is 5.97 Å². The summed E-state index contributed by atoms with van der Waals surface area (Å²) >= 11 is 0. The number of carbonyl (C=O) groups is 1. The van der Waals surface area contributed by atoms with Gasteiger partial charge in [-0.1, -0.05) is 0 Å². The lowest BCUT2D eigenvalue weighted by atomic mass is 9.96. The van der Waals surface area contributed by atoms with Gasteiger partial charge < -0.3 is 9.64 Å². The molecule has 0 aromatic carbocycles. The van der Waals surface area contributed by atoms with E-state index in [2.05, 4.69) is 21.9 Å². The van der Waals surface area contributed by atoms with Crippen LogP contribution in [-0.4, -0.2) is 47.6 Å². The maximum atomic E-state index is 11.5. The lowest BCUT2D eigenvalue weighted by molar-refractivity contribution is 0.0525. The molecule has 18 heavy (non-hydrogen) atoms. The second-order valence-electron chi connectivity index (χ2n) is 4.63. The van der Waals surface area contributed by atoms with Crippen LogP contribution in [0.4, 0.5) is 0 Å². The van der Waals surface area contributed by atoms with E-state index in [1.807, 2.05) is 0 Å². The fourth-order valence-electron chi connectivity index (χ4n) is 2.14. The molecule has 0 unspecified atom stereocenters. The van der Waals surface area contributed by atoms with Gasteiger partial charge in [0.25, 0.3) is 0 Å². The first kappa shape index (κ1) is 13.0. The molecule has 0 spiro atoms. The number of hydrogen-bond donors (Lipinski definition) is 0. The Morgan fingerprint density at radius 1 is 1.39 bits per heavy atom. The average molecular weight is 249 g/mol. The van der Waals surface area contributed by atoms with Crippen LogP contribution in [0, 0.1) is 0 Å². The standard InChI is InChI=1S/C13H19N3O2/c1-3-18-13(17)11-8-14-12(15-9-11)10-4-6-16(2)7-5-10/h8-10H,3-7H2,1-2H3. The number of aromatic nitrogens is 2. The quantitative estimate of drug-likeness (QED) is 0.759. The SMILES string of the molecule is CCOC(=O)c1cnc(C2CCN(C)CC2)nc1. The Bertz CT molecular complexity index is 397. The first-order valence-corrected chi connectivity index (χ1v) is 6.38. The van der Waals surface area contributed by atoms with Crippen LogP contribution in [0.2, 0.25) is 0 Å². The zero-order valence-corrected chi connectivity index (χ0v) is 10.9. The number of likely N-dealkylation sites (tertiary alicyclic amines) is 1. The normalized spacial score (nSPS) is 17.7. The highest BCUT2D eigenvalue weighted by atomic mass is 16.5. The van der Waals surface area contributed by atoms with Crippen LogP contribution < -0.4 is 0 Å². The molecule has 0 amide bonds. The molecule has 0 radical (unpaired) electrons. The highest BCUT2D eigenvalue weighted by Gasteiger charge is 2.20. The van der Waals surface area contributed by atoms with Gasteiger partial charge in [-0.05, 0) is 39.9 Å². The van der Waals surface area contributed by atoms with Gasteiger partial charge in [-0.3, -0.25) is 0 Å². The molecular weight excluding hydrogens is 230 g/mol. The van der Waals surface area contributed by atoms with Crippen molar-refractivity contribution in [2.45, 2.75) is 25.7 Å². The Kier molecular flexibility index (Phi) is 4.25. The number of esters is 1. The van der Waals surface area contributed by atoms with Crippen LogP contribution in [0.3, 0.4) is 0 Å². The molecule has 1 aromatic rings. The summed E-state index contributed by atoms with van der Waals surface area (Å²) < 4.78 is 4.90. The Labute approximate surface area is 107 Å². The van der Waals surface area contributed by atoms with Gasteiger partial charge in [0.15, 0.2) is 0 Å². The summed E-state index contributed by atoms with van der Waals surface area (Å²) in [6.45, 7) is 4.31. The Morgan fingerprint density at radius 2 is 2.00 bits per heavy atom. The molecule has 5 nitrogen and oxygen atoms in total. The molecule has 0 bridgehead atoms. The smallest absolute Gasteiger partial charge is 0.341 e. The van der Waals surface area contributed by atoms with Crippen LogP contribution >= 0.6 is 0 Å². The predicted molar refractivity (Wildman–Crippen MR) is 67.5 cm³/mol.